The van der Waals surface area contributed by atoms with E-state index in [-0.39, 0.29) is 5.48 Å². The van der Waals surface area contributed by atoms with Gasteiger partial charge in [0.25, 0.3) is 0 Å². The number of hydrogen-bond donors (Lipinski definition) is 1. The topological polar surface area (TPSA) is 74.6 Å². The van der Waals surface area contributed by atoms with Gasteiger partial charge in [-0.2, -0.15) is 0 Å². The molecule has 0 radical (unpaired) electrons. The highest BCUT2D eigenvalue weighted by Gasteiger charge is 1.89. The minimum absolute atomic E-state index is 0. The van der Waals surface area contributed by atoms with Crippen molar-refractivity contribution < 1.29 is 10.3 Å². The predicted octanol–water partition coefficient (Wildman–Crippen LogP) is 1.47. The highest BCUT2D eigenvalue weighted by molar-refractivity contribution is 5.24. The Morgan fingerprint density at radius 3 is 1.93 bits per heavy atom. The second-order valence-corrected chi connectivity index (χ2v) is 2.13. The second kappa shape index (κ2) is 14.3. The van der Waals surface area contributed by atoms with E-state index in [1.807, 2.05) is 32.8 Å². The molecule has 3 heteroatoms. The minimum atomic E-state index is 0. The minimum Gasteiger partial charge on any atom is -0.412 e. The molecule has 0 fully saturated rings. The molecule has 0 bridgehead atoms. The molecule has 3 nitrogen and oxygen atoms in total. The molecule has 1 aromatic carbocycles. The maximum Gasteiger partial charge on any atom is 0.106 e. The first-order valence-corrected chi connectivity index (χ1v) is 4.38. The Kier molecular flexibility index (Phi) is 19.0. The first-order valence-electron chi connectivity index (χ1n) is 4.38. The molecule has 0 saturated heterocycles. The average Bonchev–Trinajstić information content (AvgIpc) is 2.24. The average molecular weight is 199 g/mol. The summed E-state index contributed by atoms with van der Waals surface area (Å²) in [4.78, 5) is 8.00. The van der Waals surface area contributed by atoms with Crippen molar-refractivity contribution in [3.05, 3.63) is 35.4 Å². The molecule has 0 amide bonds. The summed E-state index contributed by atoms with van der Waals surface area (Å²) in [5.41, 5.74) is 7.96. The normalized spacial score (nSPS) is 6.86. The van der Waals surface area contributed by atoms with E-state index < -0.39 is 0 Å². The van der Waals surface area contributed by atoms with Gasteiger partial charge in [-0.15, -0.1) is 0 Å². The molecule has 0 aliphatic carbocycles. The maximum absolute atomic E-state index is 8.00. The SMILES string of the molecule is C=O.CC.Cc1ccccc1CN.O. The van der Waals surface area contributed by atoms with Gasteiger partial charge in [-0.1, -0.05) is 38.1 Å². The molecule has 1 aromatic rings. The van der Waals surface area contributed by atoms with Crippen LogP contribution in [0.3, 0.4) is 0 Å². The lowest BCUT2D eigenvalue weighted by Gasteiger charge is -1.98. The van der Waals surface area contributed by atoms with Crippen molar-refractivity contribution >= 4 is 6.79 Å². The molecule has 14 heavy (non-hydrogen) atoms. The third-order valence-electron chi connectivity index (χ3n) is 1.48. The molecule has 0 saturated carbocycles. The van der Waals surface area contributed by atoms with Crippen LogP contribution in [0, 0.1) is 6.92 Å². The van der Waals surface area contributed by atoms with Gasteiger partial charge in [0.2, 0.25) is 0 Å². The Morgan fingerprint density at radius 2 is 1.64 bits per heavy atom. The summed E-state index contributed by atoms with van der Waals surface area (Å²) in [6.07, 6.45) is 0. The third kappa shape index (κ3) is 7.46. The molecule has 0 heterocycles. The van der Waals surface area contributed by atoms with Crippen LogP contribution in [0.2, 0.25) is 0 Å². The summed E-state index contributed by atoms with van der Waals surface area (Å²) in [6, 6.07) is 8.15. The number of carbonyl (C=O) groups is 1. The van der Waals surface area contributed by atoms with Crippen LogP contribution in [0.5, 0.6) is 0 Å². The Hall–Kier alpha value is -1.19. The van der Waals surface area contributed by atoms with Crippen molar-refractivity contribution in [2.45, 2.75) is 27.3 Å². The van der Waals surface area contributed by atoms with Gasteiger partial charge in [-0.05, 0) is 18.1 Å². The van der Waals surface area contributed by atoms with Gasteiger partial charge in [0, 0.05) is 6.54 Å². The fraction of sp³-hybridized carbons (Fsp3) is 0.364. The lowest BCUT2D eigenvalue weighted by Crippen LogP contribution is -1.97. The summed E-state index contributed by atoms with van der Waals surface area (Å²) < 4.78 is 0. The zero-order valence-electron chi connectivity index (χ0n) is 9.21. The largest absolute Gasteiger partial charge is 0.412 e. The third-order valence-corrected chi connectivity index (χ3v) is 1.48. The van der Waals surface area contributed by atoms with Gasteiger partial charge in [0.05, 0.1) is 0 Å². The van der Waals surface area contributed by atoms with E-state index in [1.165, 1.54) is 11.1 Å². The zero-order valence-corrected chi connectivity index (χ0v) is 9.21. The standard InChI is InChI=1S/C8H11N.C2H6.CH2O.H2O/c1-7-4-2-3-5-8(7)6-9;2*1-2;/h2-5H,6,9H2,1H3;1-2H3;1H2;1H2. The van der Waals surface area contributed by atoms with E-state index in [0.29, 0.717) is 6.54 Å². The Bertz CT molecular complexity index is 214. The van der Waals surface area contributed by atoms with Crippen molar-refractivity contribution in [3.63, 3.8) is 0 Å². The maximum atomic E-state index is 8.00. The van der Waals surface area contributed by atoms with Gasteiger partial charge in [0.1, 0.15) is 6.79 Å². The molecule has 0 aliphatic rings. The van der Waals surface area contributed by atoms with Crippen LogP contribution in [0.25, 0.3) is 0 Å². The number of nitrogens with two attached hydrogens (primary N) is 1. The quantitative estimate of drug-likeness (QED) is 0.743. The van der Waals surface area contributed by atoms with E-state index in [1.54, 1.807) is 0 Å². The molecule has 0 atom stereocenters. The molecule has 1 rings (SSSR count). The van der Waals surface area contributed by atoms with Crippen LogP contribution in [0.4, 0.5) is 0 Å². The fourth-order valence-electron chi connectivity index (χ4n) is 0.839. The summed E-state index contributed by atoms with van der Waals surface area (Å²) in [7, 11) is 0. The lowest BCUT2D eigenvalue weighted by molar-refractivity contribution is -0.0979. The Labute approximate surface area is 86.2 Å². The molecule has 0 aliphatic heterocycles. The van der Waals surface area contributed by atoms with E-state index in [2.05, 4.69) is 19.1 Å². The smallest absolute Gasteiger partial charge is 0.106 e. The number of rotatable bonds is 1. The zero-order chi connectivity index (χ0) is 10.7. The predicted molar refractivity (Wildman–Crippen MR) is 61.2 cm³/mol. The fourth-order valence-corrected chi connectivity index (χ4v) is 0.839. The van der Waals surface area contributed by atoms with Crippen LogP contribution in [0.1, 0.15) is 25.0 Å². The number of hydrogen-bond acceptors (Lipinski definition) is 2. The van der Waals surface area contributed by atoms with Gasteiger partial charge in [-0.3, -0.25) is 0 Å². The number of benzene rings is 1. The number of aryl methyl sites for hydroxylation is 1. The molecule has 4 N–H and O–H groups in total. The number of carbonyl (C=O) groups excluding carboxylic acids is 1. The van der Waals surface area contributed by atoms with Gasteiger partial charge in [0.15, 0.2) is 0 Å². The van der Waals surface area contributed by atoms with Crippen molar-refractivity contribution in [3.8, 4) is 0 Å². The Balaban J connectivity index is -0.000000216. The van der Waals surface area contributed by atoms with Crippen molar-refractivity contribution in [2.75, 3.05) is 0 Å². The van der Waals surface area contributed by atoms with Crippen molar-refractivity contribution in [1.29, 1.82) is 0 Å². The summed E-state index contributed by atoms with van der Waals surface area (Å²) in [6.45, 7) is 8.72. The van der Waals surface area contributed by atoms with Crippen molar-refractivity contribution in [1.82, 2.24) is 0 Å². The molecule has 0 aromatic heterocycles. The van der Waals surface area contributed by atoms with E-state index in [4.69, 9.17) is 10.5 Å². The van der Waals surface area contributed by atoms with E-state index in [0.717, 1.165) is 0 Å². The van der Waals surface area contributed by atoms with Gasteiger partial charge in [-0.25, -0.2) is 0 Å². The van der Waals surface area contributed by atoms with Crippen LogP contribution in [0.15, 0.2) is 24.3 Å². The second-order valence-electron chi connectivity index (χ2n) is 2.13. The Morgan fingerprint density at radius 1 is 1.21 bits per heavy atom. The molecular formula is C11H21NO2. The summed E-state index contributed by atoms with van der Waals surface area (Å²) >= 11 is 0. The van der Waals surface area contributed by atoms with Crippen LogP contribution in [-0.2, 0) is 11.3 Å². The molecule has 0 spiro atoms. The lowest BCUT2D eigenvalue weighted by atomic mass is 10.1. The first kappa shape index (κ1) is 18.6. The highest BCUT2D eigenvalue weighted by Crippen LogP contribution is 2.04. The van der Waals surface area contributed by atoms with Gasteiger partial charge >= 0.3 is 0 Å². The monoisotopic (exact) mass is 199 g/mol. The van der Waals surface area contributed by atoms with Crippen LogP contribution in [-0.4, -0.2) is 12.3 Å². The van der Waals surface area contributed by atoms with Gasteiger partial charge < -0.3 is 16.0 Å². The van der Waals surface area contributed by atoms with Crippen LogP contribution >= 0.6 is 0 Å². The summed E-state index contributed by atoms with van der Waals surface area (Å²) in [5, 5.41) is 0. The summed E-state index contributed by atoms with van der Waals surface area (Å²) in [5.74, 6) is 0. The van der Waals surface area contributed by atoms with Crippen molar-refractivity contribution in [2.24, 2.45) is 5.73 Å². The highest BCUT2D eigenvalue weighted by atomic mass is 16.1. The molecule has 82 valence electrons. The van der Waals surface area contributed by atoms with E-state index >= 15 is 0 Å². The molecule has 0 unspecified atom stereocenters. The van der Waals surface area contributed by atoms with E-state index in [9.17, 15) is 0 Å². The molecular weight excluding hydrogens is 178 g/mol. The first-order chi connectivity index (χ1) is 6.34. The van der Waals surface area contributed by atoms with Crippen LogP contribution < -0.4 is 5.73 Å².